The second kappa shape index (κ2) is 5.07. The van der Waals surface area contributed by atoms with Crippen LogP contribution in [0, 0.1) is 0 Å². The number of carboxylic acids is 1. The summed E-state index contributed by atoms with van der Waals surface area (Å²) in [6.45, 7) is 0.436. The van der Waals surface area contributed by atoms with E-state index in [1.54, 1.807) is 18.2 Å². The largest absolute Gasteiger partial charge is 0.481 e. The Balaban J connectivity index is 2.29. The summed E-state index contributed by atoms with van der Waals surface area (Å²) in [4.78, 5) is 10.8. The Hall–Kier alpha value is -1.40. The van der Waals surface area contributed by atoms with E-state index < -0.39 is 21.1 Å². The molecule has 0 spiro atoms. The summed E-state index contributed by atoms with van der Waals surface area (Å²) in [5, 5.41) is 8.17. The minimum atomic E-state index is -3.40. The SMILES string of the molecule is O=C(O)CCc1ccccc1S(=O)(=O)C1COC1. The van der Waals surface area contributed by atoms with Crippen molar-refractivity contribution in [1.29, 1.82) is 0 Å². The smallest absolute Gasteiger partial charge is 0.303 e. The molecule has 0 saturated carbocycles. The number of hydrogen-bond acceptors (Lipinski definition) is 4. The average molecular weight is 270 g/mol. The van der Waals surface area contributed by atoms with Crippen LogP contribution in [0.3, 0.4) is 0 Å². The molecule has 1 saturated heterocycles. The second-order valence-electron chi connectivity index (χ2n) is 4.21. The van der Waals surface area contributed by atoms with E-state index in [4.69, 9.17) is 9.84 Å². The first kappa shape index (κ1) is 13.0. The lowest BCUT2D eigenvalue weighted by molar-refractivity contribution is -0.136. The van der Waals surface area contributed by atoms with Crippen LogP contribution >= 0.6 is 0 Å². The maximum absolute atomic E-state index is 12.3. The molecule has 0 bridgehead atoms. The highest BCUT2D eigenvalue weighted by molar-refractivity contribution is 7.92. The van der Waals surface area contributed by atoms with E-state index in [0.29, 0.717) is 5.56 Å². The molecule has 0 unspecified atom stereocenters. The van der Waals surface area contributed by atoms with Crippen LogP contribution in [0.15, 0.2) is 29.2 Å². The number of rotatable bonds is 5. The van der Waals surface area contributed by atoms with Crippen LogP contribution < -0.4 is 0 Å². The zero-order valence-corrected chi connectivity index (χ0v) is 10.5. The third-order valence-corrected chi connectivity index (χ3v) is 5.09. The van der Waals surface area contributed by atoms with Gasteiger partial charge < -0.3 is 9.84 Å². The Morgan fingerprint density at radius 3 is 2.56 bits per heavy atom. The Morgan fingerprint density at radius 2 is 2.00 bits per heavy atom. The van der Waals surface area contributed by atoms with Crippen LogP contribution in [0.4, 0.5) is 0 Å². The predicted molar refractivity (Wildman–Crippen MR) is 64.2 cm³/mol. The van der Waals surface area contributed by atoms with Crippen molar-refractivity contribution in [1.82, 2.24) is 0 Å². The molecule has 1 aliphatic rings. The van der Waals surface area contributed by atoms with Gasteiger partial charge in [-0.25, -0.2) is 8.42 Å². The molecule has 1 N–H and O–H groups in total. The molecule has 1 aromatic rings. The molecule has 2 rings (SSSR count). The van der Waals surface area contributed by atoms with Gasteiger partial charge in [-0.2, -0.15) is 0 Å². The molecule has 6 heteroatoms. The van der Waals surface area contributed by atoms with Crippen LogP contribution in [0.25, 0.3) is 0 Å². The van der Waals surface area contributed by atoms with Crippen LogP contribution in [-0.2, 0) is 25.8 Å². The number of aliphatic carboxylic acids is 1. The fraction of sp³-hybridized carbons (Fsp3) is 0.417. The van der Waals surface area contributed by atoms with Gasteiger partial charge in [0.1, 0.15) is 5.25 Å². The molecule has 1 aliphatic heterocycles. The van der Waals surface area contributed by atoms with E-state index in [2.05, 4.69) is 0 Å². The van der Waals surface area contributed by atoms with Gasteiger partial charge >= 0.3 is 5.97 Å². The van der Waals surface area contributed by atoms with E-state index in [0.717, 1.165) is 0 Å². The summed E-state index contributed by atoms with van der Waals surface area (Å²) in [5.41, 5.74) is 0.562. The van der Waals surface area contributed by atoms with Crippen molar-refractivity contribution in [2.75, 3.05) is 13.2 Å². The number of benzene rings is 1. The quantitative estimate of drug-likeness (QED) is 0.859. The summed E-state index contributed by atoms with van der Waals surface area (Å²) in [6, 6.07) is 6.56. The Morgan fingerprint density at radius 1 is 1.33 bits per heavy atom. The van der Waals surface area contributed by atoms with E-state index in [1.165, 1.54) is 6.07 Å². The summed E-state index contributed by atoms with van der Waals surface area (Å²) < 4.78 is 29.4. The van der Waals surface area contributed by atoms with E-state index in [-0.39, 0.29) is 31.0 Å². The zero-order valence-electron chi connectivity index (χ0n) is 9.70. The highest BCUT2D eigenvalue weighted by Gasteiger charge is 2.35. The normalized spacial score (nSPS) is 16.2. The monoisotopic (exact) mass is 270 g/mol. The van der Waals surface area contributed by atoms with Gasteiger partial charge in [-0.1, -0.05) is 18.2 Å². The Kier molecular flexibility index (Phi) is 3.68. The Bertz CT molecular complexity index is 545. The highest BCUT2D eigenvalue weighted by atomic mass is 32.2. The van der Waals surface area contributed by atoms with Crippen molar-refractivity contribution in [3.63, 3.8) is 0 Å². The number of aryl methyl sites for hydroxylation is 1. The molecule has 98 valence electrons. The lowest BCUT2D eigenvalue weighted by Crippen LogP contribution is -2.41. The maximum Gasteiger partial charge on any atom is 0.303 e. The molecule has 0 amide bonds. The van der Waals surface area contributed by atoms with E-state index in [1.807, 2.05) is 0 Å². The number of ether oxygens (including phenoxy) is 1. The van der Waals surface area contributed by atoms with Crippen molar-refractivity contribution in [2.45, 2.75) is 23.0 Å². The van der Waals surface area contributed by atoms with Gasteiger partial charge in [-0.15, -0.1) is 0 Å². The second-order valence-corrected chi connectivity index (χ2v) is 6.40. The van der Waals surface area contributed by atoms with Gasteiger partial charge in [0.05, 0.1) is 18.1 Å². The van der Waals surface area contributed by atoms with Crippen molar-refractivity contribution in [3.05, 3.63) is 29.8 Å². The van der Waals surface area contributed by atoms with Crippen molar-refractivity contribution in [3.8, 4) is 0 Å². The van der Waals surface area contributed by atoms with Gasteiger partial charge in [0.25, 0.3) is 0 Å². The molecule has 1 fully saturated rings. The van der Waals surface area contributed by atoms with Gasteiger partial charge in [-0.05, 0) is 18.1 Å². The van der Waals surface area contributed by atoms with Crippen LogP contribution in [0.1, 0.15) is 12.0 Å². The lowest BCUT2D eigenvalue weighted by atomic mass is 10.1. The molecule has 0 aromatic heterocycles. The first-order chi connectivity index (χ1) is 8.51. The molecule has 0 aliphatic carbocycles. The fourth-order valence-corrected chi connectivity index (χ4v) is 3.52. The first-order valence-corrected chi connectivity index (χ1v) is 7.18. The third-order valence-electron chi connectivity index (χ3n) is 2.93. The van der Waals surface area contributed by atoms with Crippen LogP contribution in [0.2, 0.25) is 0 Å². The van der Waals surface area contributed by atoms with Gasteiger partial charge in [-0.3, -0.25) is 4.79 Å². The van der Waals surface area contributed by atoms with Gasteiger partial charge in [0, 0.05) is 6.42 Å². The molecule has 18 heavy (non-hydrogen) atoms. The summed E-state index contributed by atoms with van der Waals surface area (Å²) in [7, 11) is -3.40. The summed E-state index contributed by atoms with van der Waals surface area (Å²) >= 11 is 0. The van der Waals surface area contributed by atoms with Crippen molar-refractivity contribution < 1.29 is 23.1 Å². The lowest BCUT2D eigenvalue weighted by Gasteiger charge is -2.26. The van der Waals surface area contributed by atoms with Gasteiger partial charge in [0.15, 0.2) is 9.84 Å². The van der Waals surface area contributed by atoms with Crippen LogP contribution in [0.5, 0.6) is 0 Å². The molecule has 5 nitrogen and oxygen atoms in total. The summed E-state index contributed by atoms with van der Waals surface area (Å²) in [6.07, 6.45) is 0.145. The first-order valence-electron chi connectivity index (χ1n) is 5.63. The number of sulfone groups is 1. The maximum atomic E-state index is 12.3. The molecular formula is C12H14O5S. The van der Waals surface area contributed by atoms with Crippen molar-refractivity contribution in [2.24, 2.45) is 0 Å². The number of carbonyl (C=O) groups is 1. The van der Waals surface area contributed by atoms with Crippen molar-refractivity contribution >= 4 is 15.8 Å². The van der Waals surface area contributed by atoms with E-state index in [9.17, 15) is 13.2 Å². The number of hydrogen-bond donors (Lipinski definition) is 1. The Labute approximate surface area is 105 Å². The zero-order chi connectivity index (χ0) is 13.2. The minimum Gasteiger partial charge on any atom is -0.481 e. The topological polar surface area (TPSA) is 80.7 Å². The molecule has 1 heterocycles. The minimum absolute atomic E-state index is 0.0757. The standard InChI is InChI=1S/C12H14O5S/c13-12(14)6-5-9-3-1-2-4-11(9)18(15,16)10-7-17-8-10/h1-4,10H,5-8H2,(H,13,14). The molecule has 1 aromatic carbocycles. The molecular weight excluding hydrogens is 256 g/mol. The van der Waals surface area contributed by atoms with Gasteiger partial charge in [0.2, 0.25) is 0 Å². The predicted octanol–water partition coefficient (Wildman–Crippen LogP) is 0.876. The highest BCUT2D eigenvalue weighted by Crippen LogP contribution is 2.25. The molecule has 0 atom stereocenters. The van der Waals surface area contributed by atoms with E-state index >= 15 is 0 Å². The average Bonchev–Trinajstić information content (AvgIpc) is 2.23. The third kappa shape index (κ3) is 2.54. The number of carboxylic acid groups (broad SMARTS) is 1. The fourth-order valence-electron chi connectivity index (χ4n) is 1.80. The molecule has 0 radical (unpaired) electrons. The summed E-state index contributed by atoms with van der Waals surface area (Å²) in [5.74, 6) is -0.936. The van der Waals surface area contributed by atoms with Crippen LogP contribution in [-0.4, -0.2) is 38.0 Å².